The molecule has 2 aromatic carbocycles. The monoisotopic (exact) mass is 389 g/mol. The molecule has 0 aliphatic carbocycles. The first-order valence-corrected chi connectivity index (χ1v) is 10.4. The Morgan fingerprint density at radius 2 is 1.82 bits per heavy atom. The van der Waals surface area contributed by atoms with E-state index >= 15 is 0 Å². The van der Waals surface area contributed by atoms with Gasteiger partial charge in [-0.15, -0.1) is 11.3 Å². The highest BCUT2D eigenvalue weighted by Crippen LogP contribution is 2.38. The lowest BCUT2D eigenvalue weighted by Crippen LogP contribution is -2.00. The molecule has 4 rings (SSSR count). The molecular weight excluding hydrogens is 366 g/mol. The maximum Gasteiger partial charge on any atom is 0.143 e. The normalized spacial score (nSPS) is 11.1. The molecule has 2 heterocycles. The molecule has 0 fully saturated rings. The molecule has 0 amide bonds. The van der Waals surface area contributed by atoms with Crippen LogP contribution in [0.2, 0.25) is 0 Å². The lowest BCUT2D eigenvalue weighted by Gasteiger charge is -2.13. The van der Waals surface area contributed by atoms with E-state index in [9.17, 15) is 0 Å². The zero-order valence-electron chi connectivity index (χ0n) is 16.3. The minimum absolute atomic E-state index is 0.517. The molecule has 0 atom stereocenters. The average Bonchev–Trinajstić information content (AvgIpc) is 3.15. The lowest BCUT2D eigenvalue weighted by molar-refractivity contribution is 0.342. The summed E-state index contributed by atoms with van der Waals surface area (Å²) in [4.78, 5) is 9.97. The standard InChI is InChI=1S/C23H23N3OS/c1-4-27-20-8-6-5-7-19(20)26-22-21-18(13-28-23(21)25-14-24-22)17-11-9-16(10-12-17)15(2)3/h5-15H,4H2,1-3H3,(H,24,25,26). The molecule has 28 heavy (non-hydrogen) atoms. The number of benzene rings is 2. The zero-order chi connectivity index (χ0) is 19.5. The number of anilines is 2. The third-order valence-corrected chi connectivity index (χ3v) is 5.58. The first kappa shape index (κ1) is 18.4. The lowest BCUT2D eigenvalue weighted by atomic mass is 9.99. The van der Waals surface area contributed by atoms with Gasteiger partial charge in [-0.25, -0.2) is 9.97 Å². The van der Waals surface area contributed by atoms with Crippen molar-refractivity contribution in [2.75, 3.05) is 11.9 Å². The number of ether oxygens (including phenoxy) is 1. The fourth-order valence-corrected chi connectivity index (χ4v) is 4.12. The van der Waals surface area contributed by atoms with Crippen LogP contribution < -0.4 is 10.1 Å². The van der Waals surface area contributed by atoms with Crippen molar-refractivity contribution in [3.05, 3.63) is 65.8 Å². The maximum absolute atomic E-state index is 5.75. The fourth-order valence-electron chi connectivity index (χ4n) is 3.21. The Morgan fingerprint density at radius 1 is 1.04 bits per heavy atom. The van der Waals surface area contributed by atoms with Crippen LogP contribution in [0.4, 0.5) is 11.5 Å². The predicted octanol–water partition coefficient (Wildman–Crippen LogP) is 6.62. The van der Waals surface area contributed by atoms with E-state index in [2.05, 4.69) is 58.8 Å². The number of para-hydroxylation sites is 2. The van der Waals surface area contributed by atoms with Crippen LogP contribution in [-0.2, 0) is 0 Å². The first-order valence-electron chi connectivity index (χ1n) is 9.48. The van der Waals surface area contributed by atoms with Crippen LogP contribution in [0.25, 0.3) is 21.3 Å². The molecule has 142 valence electrons. The number of rotatable bonds is 6. The van der Waals surface area contributed by atoms with Crippen LogP contribution in [0, 0.1) is 0 Å². The van der Waals surface area contributed by atoms with E-state index in [1.54, 1.807) is 17.7 Å². The molecule has 0 unspecified atom stereocenters. The van der Waals surface area contributed by atoms with E-state index in [1.807, 2.05) is 31.2 Å². The minimum atomic E-state index is 0.517. The summed E-state index contributed by atoms with van der Waals surface area (Å²) in [7, 11) is 0. The second-order valence-corrected chi connectivity index (χ2v) is 7.74. The van der Waals surface area contributed by atoms with Crippen LogP contribution in [-0.4, -0.2) is 16.6 Å². The third kappa shape index (κ3) is 3.58. The Hall–Kier alpha value is -2.92. The Bertz CT molecular complexity index is 1090. The van der Waals surface area contributed by atoms with Crippen molar-refractivity contribution in [2.45, 2.75) is 26.7 Å². The van der Waals surface area contributed by atoms with Crippen molar-refractivity contribution < 1.29 is 4.74 Å². The molecule has 1 N–H and O–H groups in total. The van der Waals surface area contributed by atoms with Crippen molar-refractivity contribution in [1.29, 1.82) is 0 Å². The molecule has 4 nitrogen and oxygen atoms in total. The van der Waals surface area contributed by atoms with Crippen molar-refractivity contribution in [2.24, 2.45) is 0 Å². The molecule has 0 radical (unpaired) electrons. The van der Waals surface area contributed by atoms with Gasteiger partial charge in [0.25, 0.3) is 0 Å². The molecule has 0 saturated carbocycles. The maximum atomic E-state index is 5.75. The van der Waals surface area contributed by atoms with Gasteiger partial charge in [-0.3, -0.25) is 0 Å². The highest BCUT2D eigenvalue weighted by molar-refractivity contribution is 7.17. The van der Waals surface area contributed by atoms with E-state index < -0.39 is 0 Å². The van der Waals surface area contributed by atoms with E-state index in [1.165, 1.54) is 11.1 Å². The number of fused-ring (bicyclic) bond motifs is 1. The van der Waals surface area contributed by atoms with Crippen LogP contribution >= 0.6 is 11.3 Å². The highest BCUT2D eigenvalue weighted by Gasteiger charge is 2.15. The minimum Gasteiger partial charge on any atom is -0.492 e. The van der Waals surface area contributed by atoms with Crippen molar-refractivity contribution >= 4 is 33.1 Å². The molecule has 0 aliphatic heterocycles. The summed E-state index contributed by atoms with van der Waals surface area (Å²) in [5.74, 6) is 2.13. The number of thiophene rings is 1. The number of hydrogen-bond acceptors (Lipinski definition) is 5. The van der Waals surface area contributed by atoms with Crippen molar-refractivity contribution in [1.82, 2.24) is 9.97 Å². The topological polar surface area (TPSA) is 47.0 Å². The van der Waals surface area contributed by atoms with Gasteiger partial charge in [-0.1, -0.05) is 50.2 Å². The number of aromatic nitrogens is 2. The van der Waals surface area contributed by atoms with Crippen LogP contribution in [0.3, 0.4) is 0 Å². The second kappa shape index (κ2) is 7.98. The van der Waals surface area contributed by atoms with Gasteiger partial charge in [-0.2, -0.15) is 0 Å². The number of nitrogens with one attached hydrogen (secondary N) is 1. The largest absolute Gasteiger partial charge is 0.492 e. The van der Waals surface area contributed by atoms with E-state index in [0.717, 1.165) is 33.0 Å². The molecule has 0 spiro atoms. The molecule has 2 aromatic heterocycles. The highest BCUT2D eigenvalue weighted by atomic mass is 32.1. The zero-order valence-corrected chi connectivity index (χ0v) is 17.1. The summed E-state index contributed by atoms with van der Waals surface area (Å²) in [6.45, 7) is 7.02. The van der Waals surface area contributed by atoms with Gasteiger partial charge in [0, 0.05) is 10.9 Å². The average molecular weight is 390 g/mol. The Kier molecular flexibility index (Phi) is 5.26. The van der Waals surface area contributed by atoms with E-state index in [-0.39, 0.29) is 0 Å². The summed E-state index contributed by atoms with van der Waals surface area (Å²) in [5, 5.41) is 6.65. The predicted molar refractivity (Wildman–Crippen MR) is 118 cm³/mol. The smallest absolute Gasteiger partial charge is 0.143 e. The second-order valence-electron chi connectivity index (χ2n) is 6.88. The Labute approximate surface area is 169 Å². The van der Waals surface area contributed by atoms with Gasteiger partial charge in [0.05, 0.1) is 17.7 Å². The SMILES string of the molecule is CCOc1ccccc1Nc1ncnc2scc(-c3ccc(C(C)C)cc3)c12. The first-order chi connectivity index (χ1) is 13.7. The molecule has 0 saturated heterocycles. The van der Waals surface area contributed by atoms with Crippen LogP contribution in [0.5, 0.6) is 5.75 Å². The van der Waals surface area contributed by atoms with Gasteiger partial charge in [0.1, 0.15) is 22.7 Å². The summed E-state index contributed by atoms with van der Waals surface area (Å²) in [6, 6.07) is 16.7. The summed E-state index contributed by atoms with van der Waals surface area (Å²) < 4.78 is 5.75. The van der Waals surface area contributed by atoms with Gasteiger partial charge in [-0.05, 0) is 36.1 Å². The van der Waals surface area contributed by atoms with E-state index in [4.69, 9.17) is 4.74 Å². The summed E-state index contributed by atoms with van der Waals surface area (Å²) in [6.07, 6.45) is 1.61. The van der Waals surface area contributed by atoms with Gasteiger partial charge >= 0.3 is 0 Å². The number of nitrogens with zero attached hydrogens (tertiary/aromatic N) is 2. The Morgan fingerprint density at radius 3 is 2.57 bits per heavy atom. The number of hydrogen-bond donors (Lipinski definition) is 1. The molecule has 4 aromatic rings. The quantitative estimate of drug-likeness (QED) is 0.402. The fraction of sp³-hybridized carbons (Fsp3) is 0.217. The van der Waals surface area contributed by atoms with Crippen LogP contribution in [0.1, 0.15) is 32.3 Å². The summed E-state index contributed by atoms with van der Waals surface area (Å²) in [5.41, 5.74) is 4.55. The van der Waals surface area contributed by atoms with E-state index in [0.29, 0.717) is 12.5 Å². The van der Waals surface area contributed by atoms with Gasteiger partial charge in [0.2, 0.25) is 0 Å². The Balaban J connectivity index is 1.77. The molecular formula is C23H23N3OS. The van der Waals surface area contributed by atoms with Gasteiger partial charge < -0.3 is 10.1 Å². The molecule has 0 bridgehead atoms. The molecule has 0 aliphatic rings. The summed E-state index contributed by atoms with van der Waals surface area (Å²) >= 11 is 1.64. The van der Waals surface area contributed by atoms with Crippen LogP contribution in [0.15, 0.2) is 60.2 Å². The molecule has 5 heteroatoms. The van der Waals surface area contributed by atoms with Crippen molar-refractivity contribution in [3.8, 4) is 16.9 Å². The van der Waals surface area contributed by atoms with Gasteiger partial charge in [0.15, 0.2) is 0 Å². The third-order valence-electron chi connectivity index (χ3n) is 4.70. The van der Waals surface area contributed by atoms with Crippen molar-refractivity contribution in [3.63, 3.8) is 0 Å².